The molecule has 0 heterocycles. The van der Waals surface area contributed by atoms with Crippen molar-refractivity contribution in [1.82, 2.24) is 5.32 Å². The first-order valence-corrected chi connectivity index (χ1v) is 6.74. The number of nitrogens with two attached hydrogens (primary N) is 1. The molecule has 104 valence electrons. The summed E-state index contributed by atoms with van der Waals surface area (Å²) in [7, 11) is 0. The van der Waals surface area contributed by atoms with Crippen molar-refractivity contribution in [3.8, 4) is 0 Å². The minimum absolute atomic E-state index is 0.0332. The van der Waals surface area contributed by atoms with Gasteiger partial charge in [0.15, 0.2) is 0 Å². The summed E-state index contributed by atoms with van der Waals surface area (Å²) in [5.74, 6) is -0.0332. The number of rotatable bonds is 4. The van der Waals surface area contributed by atoms with Crippen molar-refractivity contribution in [2.45, 2.75) is 26.9 Å². The van der Waals surface area contributed by atoms with E-state index in [-0.39, 0.29) is 5.91 Å². The molecule has 0 aliphatic carbocycles. The Kier molecular flexibility index (Phi) is 4.53. The number of hydrogen-bond donors (Lipinski definition) is 2. The van der Waals surface area contributed by atoms with E-state index in [1.54, 1.807) is 0 Å². The molecule has 0 saturated heterocycles. The Morgan fingerprint density at radius 3 is 2.35 bits per heavy atom. The molecule has 0 aromatic heterocycles. The molecule has 0 fully saturated rings. The van der Waals surface area contributed by atoms with Crippen LogP contribution in [-0.2, 0) is 13.1 Å². The van der Waals surface area contributed by atoms with E-state index in [4.69, 9.17) is 5.73 Å². The lowest BCUT2D eigenvalue weighted by Crippen LogP contribution is -2.23. The Morgan fingerprint density at radius 2 is 1.70 bits per heavy atom. The van der Waals surface area contributed by atoms with Gasteiger partial charge in [0.2, 0.25) is 0 Å². The van der Waals surface area contributed by atoms with Crippen LogP contribution >= 0.6 is 0 Å². The summed E-state index contributed by atoms with van der Waals surface area (Å²) in [4.78, 5) is 12.2. The van der Waals surface area contributed by atoms with Gasteiger partial charge < -0.3 is 11.1 Å². The number of aryl methyl sites for hydroxylation is 1. The van der Waals surface area contributed by atoms with Crippen LogP contribution in [0.15, 0.2) is 42.5 Å². The second-order valence-corrected chi connectivity index (χ2v) is 4.95. The fourth-order valence-electron chi connectivity index (χ4n) is 2.07. The lowest BCUT2D eigenvalue weighted by atomic mass is 10.0. The van der Waals surface area contributed by atoms with Crippen LogP contribution in [0.1, 0.15) is 32.6 Å². The first-order chi connectivity index (χ1) is 9.61. The summed E-state index contributed by atoms with van der Waals surface area (Å²) in [5, 5.41) is 2.95. The highest BCUT2D eigenvalue weighted by Crippen LogP contribution is 2.12. The third kappa shape index (κ3) is 3.25. The first kappa shape index (κ1) is 14.3. The first-order valence-electron chi connectivity index (χ1n) is 6.74. The van der Waals surface area contributed by atoms with Crippen molar-refractivity contribution in [2.75, 3.05) is 0 Å². The number of carbonyl (C=O) groups excluding carboxylic acids is 1. The molecule has 3 N–H and O–H groups in total. The number of benzene rings is 2. The molecule has 2 aromatic carbocycles. The number of hydrogen-bond acceptors (Lipinski definition) is 2. The summed E-state index contributed by atoms with van der Waals surface area (Å²) in [6, 6.07) is 13.7. The molecule has 0 aliphatic heterocycles. The zero-order valence-electron chi connectivity index (χ0n) is 11.9. The van der Waals surface area contributed by atoms with Crippen LogP contribution in [0.4, 0.5) is 0 Å². The second kappa shape index (κ2) is 6.35. The molecule has 0 saturated carbocycles. The SMILES string of the molecule is Cc1cccc(C(=O)NCc2ccc(CN)cc2)c1C. The van der Waals surface area contributed by atoms with Crippen molar-refractivity contribution < 1.29 is 4.79 Å². The maximum absolute atomic E-state index is 12.2. The largest absolute Gasteiger partial charge is 0.348 e. The standard InChI is InChI=1S/C17H20N2O/c1-12-4-3-5-16(13(12)2)17(20)19-11-15-8-6-14(10-18)7-9-15/h3-9H,10-11,18H2,1-2H3,(H,19,20). The van der Waals surface area contributed by atoms with Crippen molar-refractivity contribution in [3.63, 3.8) is 0 Å². The Morgan fingerprint density at radius 1 is 1.05 bits per heavy atom. The van der Waals surface area contributed by atoms with Crippen LogP contribution in [-0.4, -0.2) is 5.91 Å². The monoisotopic (exact) mass is 268 g/mol. The summed E-state index contributed by atoms with van der Waals surface area (Å²) >= 11 is 0. The van der Waals surface area contributed by atoms with Crippen LogP contribution in [0.5, 0.6) is 0 Å². The van der Waals surface area contributed by atoms with Gasteiger partial charge in [-0.3, -0.25) is 4.79 Å². The zero-order valence-corrected chi connectivity index (χ0v) is 11.9. The quantitative estimate of drug-likeness (QED) is 0.895. The van der Waals surface area contributed by atoms with Crippen LogP contribution < -0.4 is 11.1 Å². The van der Waals surface area contributed by atoms with E-state index in [0.29, 0.717) is 13.1 Å². The molecule has 0 spiro atoms. The Labute approximate surface area is 119 Å². The molecular formula is C17H20N2O. The van der Waals surface area contributed by atoms with Crippen molar-refractivity contribution in [3.05, 3.63) is 70.3 Å². The fraction of sp³-hybridized carbons (Fsp3) is 0.235. The van der Waals surface area contributed by atoms with E-state index < -0.39 is 0 Å². The van der Waals surface area contributed by atoms with E-state index in [2.05, 4.69) is 5.32 Å². The lowest BCUT2D eigenvalue weighted by molar-refractivity contribution is 0.0950. The van der Waals surface area contributed by atoms with Crippen LogP contribution in [0.25, 0.3) is 0 Å². The molecule has 3 heteroatoms. The molecule has 0 atom stereocenters. The molecule has 0 bridgehead atoms. The maximum Gasteiger partial charge on any atom is 0.251 e. The van der Waals surface area contributed by atoms with E-state index >= 15 is 0 Å². The van der Waals surface area contributed by atoms with Gasteiger partial charge in [-0.05, 0) is 42.2 Å². The number of amides is 1. The van der Waals surface area contributed by atoms with Gasteiger partial charge in [0.25, 0.3) is 5.91 Å². The van der Waals surface area contributed by atoms with Gasteiger partial charge in [-0.2, -0.15) is 0 Å². The number of carbonyl (C=O) groups is 1. The summed E-state index contributed by atoms with van der Waals surface area (Å²) in [6.07, 6.45) is 0. The normalized spacial score (nSPS) is 10.3. The molecule has 0 aliphatic rings. The van der Waals surface area contributed by atoms with Gasteiger partial charge in [0.05, 0.1) is 0 Å². The van der Waals surface area contributed by atoms with Gasteiger partial charge in [0.1, 0.15) is 0 Å². The highest BCUT2D eigenvalue weighted by Gasteiger charge is 2.09. The smallest absolute Gasteiger partial charge is 0.251 e. The van der Waals surface area contributed by atoms with Crippen LogP contribution in [0, 0.1) is 13.8 Å². The van der Waals surface area contributed by atoms with E-state index in [0.717, 1.165) is 27.8 Å². The molecule has 0 radical (unpaired) electrons. The van der Waals surface area contributed by atoms with Gasteiger partial charge in [-0.15, -0.1) is 0 Å². The Bertz CT molecular complexity index is 603. The summed E-state index contributed by atoms with van der Waals surface area (Å²) < 4.78 is 0. The van der Waals surface area contributed by atoms with Gasteiger partial charge in [-0.1, -0.05) is 36.4 Å². The fourth-order valence-corrected chi connectivity index (χ4v) is 2.07. The van der Waals surface area contributed by atoms with Crippen molar-refractivity contribution >= 4 is 5.91 Å². The zero-order chi connectivity index (χ0) is 14.5. The van der Waals surface area contributed by atoms with Crippen molar-refractivity contribution in [1.29, 1.82) is 0 Å². The summed E-state index contributed by atoms with van der Waals surface area (Å²) in [5.41, 5.74) is 10.6. The third-order valence-corrected chi connectivity index (χ3v) is 3.56. The predicted molar refractivity (Wildman–Crippen MR) is 81.4 cm³/mol. The minimum Gasteiger partial charge on any atom is -0.348 e. The predicted octanol–water partition coefficient (Wildman–Crippen LogP) is 2.69. The maximum atomic E-state index is 12.2. The molecule has 2 rings (SSSR count). The van der Waals surface area contributed by atoms with E-state index in [1.807, 2.05) is 56.3 Å². The summed E-state index contributed by atoms with van der Waals surface area (Å²) in [6.45, 7) is 5.05. The average Bonchev–Trinajstić information content (AvgIpc) is 2.48. The molecule has 0 unspecified atom stereocenters. The van der Waals surface area contributed by atoms with Crippen LogP contribution in [0.3, 0.4) is 0 Å². The van der Waals surface area contributed by atoms with Crippen molar-refractivity contribution in [2.24, 2.45) is 5.73 Å². The van der Waals surface area contributed by atoms with Crippen LogP contribution in [0.2, 0.25) is 0 Å². The average molecular weight is 268 g/mol. The topological polar surface area (TPSA) is 55.1 Å². The molecule has 2 aromatic rings. The lowest BCUT2D eigenvalue weighted by Gasteiger charge is -2.10. The second-order valence-electron chi connectivity index (χ2n) is 4.95. The minimum atomic E-state index is -0.0332. The molecule has 3 nitrogen and oxygen atoms in total. The molecule has 1 amide bonds. The highest BCUT2D eigenvalue weighted by atomic mass is 16.1. The van der Waals surface area contributed by atoms with Gasteiger partial charge in [0, 0.05) is 18.7 Å². The molecular weight excluding hydrogens is 248 g/mol. The Hall–Kier alpha value is -2.13. The Balaban J connectivity index is 2.02. The van der Waals surface area contributed by atoms with Gasteiger partial charge in [-0.25, -0.2) is 0 Å². The third-order valence-electron chi connectivity index (χ3n) is 3.56. The highest BCUT2D eigenvalue weighted by molar-refractivity contribution is 5.95. The van der Waals surface area contributed by atoms with Gasteiger partial charge >= 0.3 is 0 Å². The van der Waals surface area contributed by atoms with E-state index in [9.17, 15) is 4.79 Å². The molecule has 20 heavy (non-hydrogen) atoms. The van der Waals surface area contributed by atoms with E-state index in [1.165, 1.54) is 0 Å². The number of nitrogens with one attached hydrogen (secondary N) is 1.